The molecular weight excluding hydrogens is 447 g/mol. The number of amidine groups is 1. The van der Waals surface area contributed by atoms with Gasteiger partial charge in [-0.25, -0.2) is 26.9 Å². The van der Waals surface area contributed by atoms with Crippen molar-refractivity contribution in [1.82, 2.24) is 4.98 Å². The predicted octanol–water partition coefficient (Wildman–Crippen LogP) is 4.68. The van der Waals surface area contributed by atoms with E-state index in [0.29, 0.717) is 6.07 Å². The lowest BCUT2D eigenvalue weighted by atomic mass is 9.74. The SMILES string of the molecule is Cc1nc(C(=O)Nc2cc(F)c(F)c([C@]3(c4ccccc4F)N=C(N)CCC3(F)F)c2)co1. The minimum absolute atomic E-state index is 0.173. The number of rotatable bonds is 4. The molecule has 0 aliphatic carbocycles. The van der Waals surface area contributed by atoms with Gasteiger partial charge in [0.05, 0.1) is 5.84 Å². The van der Waals surface area contributed by atoms with Gasteiger partial charge in [0.15, 0.2) is 28.8 Å². The van der Waals surface area contributed by atoms with Gasteiger partial charge in [0.2, 0.25) is 0 Å². The maximum absolute atomic E-state index is 15.5. The Morgan fingerprint density at radius 1 is 1.12 bits per heavy atom. The Morgan fingerprint density at radius 2 is 1.85 bits per heavy atom. The van der Waals surface area contributed by atoms with Crippen molar-refractivity contribution < 1.29 is 31.2 Å². The summed E-state index contributed by atoms with van der Waals surface area (Å²) in [5.74, 6) is -9.15. The quantitative estimate of drug-likeness (QED) is 0.549. The van der Waals surface area contributed by atoms with Gasteiger partial charge in [-0.15, -0.1) is 0 Å². The number of benzene rings is 2. The van der Waals surface area contributed by atoms with Gasteiger partial charge in [-0.05, 0) is 12.1 Å². The van der Waals surface area contributed by atoms with Crippen molar-refractivity contribution >= 4 is 17.4 Å². The number of carbonyl (C=O) groups is 1. The van der Waals surface area contributed by atoms with Crippen molar-refractivity contribution in [2.45, 2.75) is 31.2 Å². The summed E-state index contributed by atoms with van der Waals surface area (Å²) in [6.07, 6.45) is -0.172. The van der Waals surface area contributed by atoms with Crippen LogP contribution >= 0.6 is 0 Å². The number of aromatic nitrogens is 1. The minimum atomic E-state index is -3.85. The van der Waals surface area contributed by atoms with Crippen LogP contribution in [0.5, 0.6) is 0 Å². The van der Waals surface area contributed by atoms with Crippen molar-refractivity contribution in [3.05, 3.63) is 82.8 Å². The summed E-state index contributed by atoms with van der Waals surface area (Å²) >= 11 is 0. The molecule has 1 aliphatic heterocycles. The highest BCUT2D eigenvalue weighted by molar-refractivity contribution is 6.02. The second kappa shape index (κ2) is 7.98. The summed E-state index contributed by atoms with van der Waals surface area (Å²) in [4.78, 5) is 20.0. The minimum Gasteiger partial charge on any atom is -0.448 e. The van der Waals surface area contributed by atoms with Crippen LogP contribution in [0.2, 0.25) is 0 Å². The van der Waals surface area contributed by atoms with E-state index in [1.54, 1.807) is 0 Å². The molecule has 33 heavy (non-hydrogen) atoms. The summed E-state index contributed by atoms with van der Waals surface area (Å²) in [6, 6.07) is 5.82. The number of oxazole rings is 1. The molecule has 2 heterocycles. The first-order valence-corrected chi connectivity index (χ1v) is 9.75. The van der Waals surface area contributed by atoms with E-state index in [-0.39, 0.29) is 29.5 Å². The summed E-state index contributed by atoms with van der Waals surface area (Å²) in [7, 11) is 0. The van der Waals surface area contributed by atoms with Crippen LogP contribution < -0.4 is 11.1 Å². The Balaban J connectivity index is 1.94. The highest BCUT2D eigenvalue weighted by Crippen LogP contribution is 2.53. The van der Waals surface area contributed by atoms with E-state index in [1.165, 1.54) is 19.1 Å². The predicted molar refractivity (Wildman–Crippen MR) is 109 cm³/mol. The van der Waals surface area contributed by atoms with Crippen LogP contribution in [0.25, 0.3) is 0 Å². The van der Waals surface area contributed by atoms with Crippen molar-refractivity contribution in [2.75, 3.05) is 5.32 Å². The Labute approximate surface area is 184 Å². The lowest BCUT2D eigenvalue weighted by Gasteiger charge is -2.41. The van der Waals surface area contributed by atoms with Crippen molar-refractivity contribution in [1.29, 1.82) is 0 Å². The summed E-state index contributed by atoms with van der Waals surface area (Å²) < 4.78 is 80.4. The standard InChI is InChI=1S/C22H17F5N4O2/c1-11-29-17(10-33-11)20(32)30-12-8-14(19(25)16(24)9-12)22(13-4-2-3-5-15(13)23)21(26,27)7-6-18(28)31-22/h2-5,8-10H,6-7H2,1H3,(H2,28,31)(H,30,32)/t22-/m0/s1. The molecule has 0 radical (unpaired) electrons. The molecule has 172 valence electrons. The molecular formula is C22H17F5N4O2. The van der Waals surface area contributed by atoms with E-state index in [4.69, 9.17) is 10.2 Å². The molecule has 0 fully saturated rings. The van der Waals surface area contributed by atoms with E-state index < -0.39 is 52.4 Å². The number of anilines is 1. The van der Waals surface area contributed by atoms with E-state index in [0.717, 1.165) is 24.5 Å². The lowest BCUT2D eigenvalue weighted by Crippen LogP contribution is -2.50. The average molecular weight is 464 g/mol. The Morgan fingerprint density at radius 3 is 2.52 bits per heavy atom. The van der Waals surface area contributed by atoms with E-state index in [2.05, 4.69) is 15.3 Å². The number of nitrogens with zero attached hydrogens (tertiary/aromatic N) is 2. The highest BCUT2D eigenvalue weighted by atomic mass is 19.3. The zero-order valence-electron chi connectivity index (χ0n) is 17.1. The molecule has 1 aliphatic rings. The molecule has 1 amide bonds. The van der Waals surface area contributed by atoms with Crippen LogP contribution in [0.15, 0.2) is 52.1 Å². The molecule has 0 saturated carbocycles. The second-order valence-corrected chi connectivity index (χ2v) is 7.52. The molecule has 3 N–H and O–H groups in total. The Hall–Kier alpha value is -3.76. The molecule has 1 atom stereocenters. The van der Waals surface area contributed by atoms with Crippen LogP contribution in [-0.4, -0.2) is 22.6 Å². The van der Waals surface area contributed by atoms with Gasteiger partial charge in [0.1, 0.15) is 12.1 Å². The first kappa shape index (κ1) is 22.4. The van der Waals surface area contributed by atoms with E-state index in [1.807, 2.05) is 0 Å². The number of hydrogen-bond acceptors (Lipinski definition) is 5. The number of aryl methyl sites for hydroxylation is 1. The first-order chi connectivity index (χ1) is 15.5. The van der Waals surface area contributed by atoms with Gasteiger partial charge in [-0.2, -0.15) is 0 Å². The maximum atomic E-state index is 15.5. The smallest absolute Gasteiger partial charge is 0.281 e. The molecule has 11 heteroatoms. The summed E-state index contributed by atoms with van der Waals surface area (Å²) in [5, 5.41) is 2.25. The number of hydrogen-bond donors (Lipinski definition) is 2. The summed E-state index contributed by atoms with van der Waals surface area (Å²) in [5.41, 5.74) is 0.512. The summed E-state index contributed by atoms with van der Waals surface area (Å²) in [6.45, 7) is 1.48. The Kier molecular flexibility index (Phi) is 5.43. The fraction of sp³-hybridized carbons (Fsp3) is 0.227. The molecule has 0 saturated heterocycles. The van der Waals surface area contributed by atoms with Crippen LogP contribution in [0, 0.1) is 24.4 Å². The van der Waals surface area contributed by atoms with Crippen molar-refractivity contribution in [3.8, 4) is 0 Å². The third kappa shape index (κ3) is 3.73. The van der Waals surface area contributed by atoms with Crippen LogP contribution in [0.4, 0.5) is 27.6 Å². The van der Waals surface area contributed by atoms with Crippen molar-refractivity contribution in [3.63, 3.8) is 0 Å². The molecule has 2 aromatic carbocycles. The largest absolute Gasteiger partial charge is 0.448 e. The van der Waals surface area contributed by atoms with Crippen LogP contribution in [-0.2, 0) is 5.54 Å². The molecule has 0 spiro atoms. The normalized spacial score (nSPS) is 19.8. The maximum Gasteiger partial charge on any atom is 0.281 e. The average Bonchev–Trinajstić information content (AvgIpc) is 3.19. The zero-order valence-corrected chi connectivity index (χ0v) is 17.1. The monoisotopic (exact) mass is 464 g/mol. The fourth-order valence-electron chi connectivity index (χ4n) is 3.82. The second-order valence-electron chi connectivity index (χ2n) is 7.52. The fourth-order valence-corrected chi connectivity index (χ4v) is 3.82. The highest BCUT2D eigenvalue weighted by Gasteiger charge is 2.60. The number of alkyl halides is 2. The van der Waals surface area contributed by atoms with Crippen LogP contribution in [0.3, 0.4) is 0 Å². The van der Waals surface area contributed by atoms with Gasteiger partial charge < -0.3 is 15.5 Å². The third-order valence-electron chi connectivity index (χ3n) is 5.33. The third-order valence-corrected chi connectivity index (χ3v) is 5.33. The lowest BCUT2D eigenvalue weighted by molar-refractivity contribution is -0.0728. The molecule has 3 aromatic rings. The van der Waals surface area contributed by atoms with Crippen LogP contribution in [0.1, 0.15) is 40.3 Å². The molecule has 4 rings (SSSR count). The topological polar surface area (TPSA) is 93.5 Å². The van der Waals surface area contributed by atoms with Gasteiger partial charge in [-0.3, -0.25) is 9.79 Å². The van der Waals surface area contributed by atoms with Gasteiger partial charge in [0, 0.05) is 42.6 Å². The number of nitrogens with two attached hydrogens (primary N) is 1. The molecule has 1 aromatic heterocycles. The molecule has 0 unspecified atom stereocenters. The van der Waals surface area contributed by atoms with E-state index >= 15 is 13.2 Å². The number of amides is 1. The number of aliphatic imine (C=N–C) groups is 1. The van der Waals surface area contributed by atoms with E-state index in [9.17, 15) is 13.6 Å². The number of carbonyl (C=O) groups excluding carboxylic acids is 1. The number of halogens is 5. The number of nitrogens with one attached hydrogen (secondary N) is 1. The van der Waals surface area contributed by atoms with Gasteiger partial charge >= 0.3 is 0 Å². The Bertz CT molecular complexity index is 1270. The van der Waals surface area contributed by atoms with Crippen molar-refractivity contribution in [2.24, 2.45) is 10.7 Å². The first-order valence-electron chi connectivity index (χ1n) is 9.75. The molecule has 0 bridgehead atoms. The van der Waals surface area contributed by atoms with Gasteiger partial charge in [-0.1, -0.05) is 18.2 Å². The van der Waals surface area contributed by atoms with Gasteiger partial charge in [0.25, 0.3) is 11.8 Å². The molecule has 6 nitrogen and oxygen atoms in total. The zero-order chi connectivity index (χ0) is 24.0.